The average molecular weight is 410 g/mol. The van der Waals surface area contributed by atoms with Crippen LogP contribution in [0.5, 0.6) is 5.75 Å². The molecule has 0 aliphatic carbocycles. The standard InChI is InChI=1S/C18H20F2N4O3S/c1-2-3-14-22-23-18(28-14)21-16(26)13-8-9-15(25)24(13)10-11-4-6-12(7-5-11)27-17(19)20/h4-7,13,17H,2-3,8-10H2,1H3,(H,21,23,26)/t13-/m0/s1. The topological polar surface area (TPSA) is 84.4 Å². The van der Waals surface area contributed by atoms with Gasteiger partial charge in [0.15, 0.2) is 0 Å². The fraction of sp³-hybridized carbons (Fsp3) is 0.444. The van der Waals surface area contributed by atoms with Gasteiger partial charge >= 0.3 is 6.61 Å². The molecular formula is C18H20F2N4O3S. The second-order valence-corrected chi connectivity index (χ2v) is 7.40. The summed E-state index contributed by atoms with van der Waals surface area (Å²) in [6.07, 6.45) is 2.43. The van der Waals surface area contributed by atoms with Crippen molar-refractivity contribution in [3.05, 3.63) is 34.8 Å². The van der Waals surface area contributed by atoms with Crippen LogP contribution in [0, 0.1) is 0 Å². The number of rotatable bonds is 8. The third-order valence-electron chi connectivity index (χ3n) is 4.29. The van der Waals surface area contributed by atoms with Crippen molar-refractivity contribution in [3.8, 4) is 5.75 Å². The molecule has 0 saturated carbocycles. The summed E-state index contributed by atoms with van der Waals surface area (Å²) in [6, 6.07) is 5.41. The molecule has 1 N–H and O–H groups in total. The number of benzene rings is 1. The summed E-state index contributed by atoms with van der Waals surface area (Å²) in [5.74, 6) is -0.389. The normalized spacial score (nSPS) is 16.6. The Kier molecular flexibility index (Phi) is 6.50. The number of hydrogen-bond acceptors (Lipinski definition) is 6. The Morgan fingerprint density at radius 1 is 1.36 bits per heavy atom. The number of carbonyl (C=O) groups is 2. The van der Waals surface area contributed by atoms with Crippen LogP contribution < -0.4 is 10.1 Å². The number of aryl methyl sites for hydroxylation is 1. The maximum atomic E-state index is 12.6. The first-order chi connectivity index (χ1) is 13.5. The minimum Gasteiger partial charge on any atom is -0.435 e. The van der Waals surface area contributed by atoms with Crippen LogP contribution in [0.15, 0.2) is 24.3 Å². The van der Waals surface area contributed by atoms with E-state index in [4.69, 9.17) is 0 Å². The Labute approximate surface area is 164 Å². The first-order valence-electron chi connectivity index (χ1n) is 8.92. The molecule has 1 saturated heterocycles. The van der Waals surface area contributed by atoms with Gasteiger partial charge in [-0.2, -0.15) is 8.78 Å². The Bertz CT molecular complexity index is 828. The second kappa shape index (κ2) is 9.05. The zero-order chi connectivity index (χ0) is 20.1. The van der Waals surface area contributed by atoms with E-state index < -0.39 is 12.7 Å². The number of nitrogens with one attached hydrogen (secondary N) is 1. The lowest BCUT2D eigenvalue weighted by atomic mass is 10.1. The molecule has 150 valence electrons. The fourth-order valence-corrected chi connectivity index (χ4v) is 3.83. The molecule has 10 heteroatoms. The number of amides is 2. The van der Waals surface area contributed by atoms with Crippen LogP contribution in [0.4, 0.5) is 13.9 Å². The molecule has 1 fully saturated rings. The number of nitrogens with zero attached hydrogens (tertiary/aromatic N) is 3. The van der Waals surface area contributed by atoms with Gasteiger partial charge in [0.2, 0.25) is 16.9 Å². The summed E-state index contributed by atoms with van der Waals surface area (Å²) in [5, 5.41) is 12.0. The third kappa shape index (κ3) is 5.00. The zero-order valence-electron chi connectivity index (χ0n) is 15.2. The lowest BCUT2D eigenvalue weighted by Gasteiger charge is -2.23. The average Bonchev–Trinajstić information content (AvgIpc) is 3.23. The molecular weight excluding hydrogens is 390 g/mol. The van der Waals surface area contributed by atoms with E-state index in [2.05, 4.69) is 20.3 Å². The Balaban J connectivity index is 1.64. The van der Waals surface area contributed by atoms with Gasteiger partial charge in [-0.15, -0.1) is 10.2 Å². The summed E-state index contributed by atoms with van der Waals surface area (Å²) in [5.41, 5.74) is 0.718. The predicted molar refractivity (Wildman–Crippen MR) is 99.2 cm³/mol. The number of alkyl halides is 2. The van der Waals surface area contributed by atoms with E-state index in [1.54, 1.807) is 12.1 Å². The third-order valence-corrected chi connectivity index (χ3v) is 5.19. The van der Waals surface area contributed by atoms with Crippen molar-refractivity contribution < 1.29 is 23.1 Å². The van der Waals surface area contributed by atoms with Crippen molar-refractivity contribution in [1.29, 1.82) is 0 Å². The number of anilines is 1. The number of ether oxygens (including phenoxy) is 1. The van der Waals surface area contributed by atoms with Crippen molar-refractivity contribution in [1.82, 2.24) is 15.1 Å². The molecule has 0 spiro atoms. The van der Waals surface area contributed by atoms with Crippen molar-refractivity contribution in [2.75, 3.05) is 5.32 Å². The largest absolute Gasteiger partial charge is 0.435 e. The van der Waals surface area contributed by atoms with Gasteiger partial charge in [-0.1, -0.05) is 30.4 Å². The van der Waals surface area contributed by atoms with Crippen LogP contribution in [0.2, 0.25) is 0 Å². The van der Waals surface area contributed by atoms with E-state index in [1.807, 2.05) is 6.92 Å². The van der Waals surface area contributed by atoms with Crippen LogP contribution in [0.25, 0.3) is 0 Å². The number of carbonyl (C=O) groups excluding carboxylic acids is 2. The van der Waals surface area contributed by atoms with Crippen LogP contribution >= 0.6 is 11.3 Å². The molecule has 1 aromatic heterocycles. The molecule has 3 rings (SSSR count). The molecule has 2 heterocycles. The van der Waals surface area contributed by atoms with Crippen molar-refractivity contribution in [2.24, 2.45) is 0 Å². The molecule has 2 aromatic rings. The Morgan fingerprint density at radius 3 is 2.79 bits per heavy atom. The van der Waals surface area contributed by atoms with Gasteiger partial charge in [0.25, 0.3) is 0 Å². The van der Waals surface area contributed by atoms with Gasteiger partial charge in [-0.3, -0.25) is 14.9 Å². The van der Waals surface area contributed by atoms with Gasteiger partial charge in [-0.25, -0.2) is 0 Å². The Hall–Kier alpha value is -2.62. The molecule has 0 unspecified atom stereocenters. The van der Waals surface area contributed by atoms with Crippen molar-refractivity contribution in [2.45, 2.75) is 51.8 Å². The minimum absolute atomic E-state index is 0.0416. The second-order valence-electron chi connectivity index (χ2n) is 6.34. The molecule has 1 atom stereocenters. The first-order valence-corrected chi connectivity index (χ1v) is 9.74. The molecule has 2 amide bonds. The molecule has 1 aliphatic heterocycles. The van der Waals surface area contributed by atoms with E-state index in [0.717, 1.165) is 23.4 Å². The summed E-state index contributed by atoms with van der Waals surface area (Å²) in [6.45, 7) is -0.644. The van der Waals surface area contributed by atoms with E-state index >= 15 is 0 Å². The summed E-state index contributed by atoms with van der Waals surface area (Å²) in [4.78, 5) is 26.4. The van der Waals surface area contributed by atoms with Crippen molar-refractivity contribution in [3.63, 3.8) is 0 Å². The fourth-order valence-electron chi connectivity index (χ4n) is 2.99. The zero-order valence-corrected chi connectivity index (χ0v) is 16.0. The monoisotopic (exact) mass is 410 g/mol. The van der Waals surface area contributed by atoms with Gasteiger partial charge < -0.3 is 9.64 Å². The smallest absolute Gasteiger partial charge is 0.387 e. The molecule has 1 aliphatic rings. The van der Waals surface area contributed by atoms with Gasteiger partial charge in [0, 0.05) is 19.4 Å². The first kappa shape index (κ1) is 20.1. The van der Waals surface area contributed by atoms with Crippen LogP contribution in [-0.2, 0) is 22.6 Å². The highest BCUT2D eigenvalue weighted by atomic mass is 32.1. The SMILES string of the molecule is CCCc1nnc(NC(=O)[C@@H]2CCC(=O)N2Cc2ccc(OC(F)F)cc2)s1. The summed E-state index contributed by atoms with van der Waals surface area (Å²) < 4.78 is 28.8. The molecule has 1 aromatic carbocycles. The minimum atomic E-state index is -2.89. The number of halogens is 2. The summed E-state index contributed by atoms with van der Waals surface area (Å²) >= 11 is 1.32. The van der Waals surface area contributed by atoms with E-state index in [-0.39, 0.29) is 30.5 Å². The van der Waals surface area contributed by atoms with E-state index in [1.165, 1.54) is 28.4 Å². The van der Waals surface area contributed by atoms with Crippen LogP contribution in [-0.4, -0.2) is 39.6 Å². The van der Waals surface area contributed by atoms with Gasteiger partial charge in [0.05, 0.1) is 0 Å². The molecule has 28 heavy (non-hydrogen) atoms. The highest BCUT2D eigenvalue weighted by Crippen LogP contribution is 2.25. The number of aromatic nitrogens is 2. The highest BCUT2D eigenvalue weighted by Gasteiger charge is 2.36. The van der Waals surface area contributed by atoms with Crippen LogP contribution in [0.3, 0.4) is 0 Å². The Morgan fingerprint density at radius 2 is 2.11 bits per heavy atom. The van der Waals surface area contributed by atoms with E-state index in [0.29, 0.717) is 11.6 Å². The molecule has 7 nitrogen and oxygen atoms in total. The number of likely N-dealkylation sites (tertiary alicyclic amines) is 1. The van der Waals surface area contributed by atoms with Gasteiger partial charge in [0.1, 0.15) is 16.8 Å². The maximum absolute atomic E-state index is 12.6. The van der Waals surface area contributed by atoms with Gasteiger partial charge in [-0.05, 0) is 30.5 Å². The molecule has 0 radical (unpaired) electrons. The summed E-state index contributed by atoms with van der Waals surface area (Å²) in [7, 11) is 0. The lowest BCUT2D eigenvalue weighted by Crippen LogP contribution is -2.41. The quantitative estimate of drug-likeness (QED) is 0.722. The number of hydrogen-bond donors (Lipinski definition) is 1. The van der Waals surface area contributed by atoms with E-state index in [9.17, 15) is 18.4 Å². The molecule has 0 bridgehead atoms. The predicted octanol–water partition coefficient (Wildman–Crippen LogP) is 3.22. The van der Waals surface area contributed by atoms with Crippen LogP contribution in [0.1, 0.15) is 36.8 Å². The maximum Gasteiger partial charge on any atom is 0.387 e. The van der Waals surface area contributed by atoms with Crippen molar-refractivity contribution >= 4 is 28.3 Å². The lowest BCUT2D eigenvalue weighted by molar-refractivity contribution is -0.133. The highest BCUT2D eigenvalue weighted by molar-refractivity contribution is 7.15.